The second-order valence-corrected chi connectivity index (χ2v) is 6.89. The number of anilines is 1. The van der Waals surface area contributed by atoms with Gasteiger partial charge in [0.25, 0.3) is 5.91 Å². The maximum Gasteiger partial charge on any atom is 0.275 e. The average molecular weight is 346 g/mol. The van der Waals surface area contributed by atoms with Crippen molar-refractivity contribution >= 4 is 23.4 Å². The fourth-order valence-electron chi connectivity index (χ4n) is 3.43. The summed E-state index contributed by atoms with van der Waals surface area (Å²) >= 11 is 1.19. The second-order valence-electron chi connectivity index (χ2n) is 6.28. The van der Waals surface area contributed by atoms with Crippen molar-refractivity contribution in [1.82, 2.24) is 24.5 Å². The minimum absolute atomic E-state index is 0.0626. The molecule has 0 aliphatic carbocycles. The molecule has 0 aromatic carbocycles. The van der Waals surface area contributed by atoms with Crippen LogP contribution in [0.3, 0.4) is 0 Å². The van der Waals surface area contributed by atoms with Crippen molar-refractivity contribution < 1.29 is 9.53 Å². The highest BCUT2D eigenvalue weighted by Crippen LogP contribution is 2.37. The smallest absolute Gasteiger partial charge is 0.275 e. The minimum Gasteiger partial charge on any atom is -0.371 e. The second kappa shape index (κ2) is 6.06. The Bertz CT molecular complexity index is 712. The third kappa shape index (κ3) is 2.73. The molecule has 1 spiro atoms. The first-order valence-electron chi connectivity index (χ1n) is 7.87. The summed E-state index contributed by atoms with van der Waals surface area (Å²) in [4.78, 5) is 24.9. The molecule has 2 aromatic rings. The molecule has 2 atom stereocenters. The molecule has 8 nitrogen and oxygen atoms in total. The predicted molar refractivity (Wildman–Crippen MR) is 88.0 cm³/mol. The third-order valence-electron chi connectivity index (χ3n) is 4.79. The van der Waals surface area contributed by atoms with E-state index in [9.17, 15) is 4.79 Å². The van der Waals surface area contributed by atoms with E-state index in [1.807, 2.05) is 11.9 Å². The van der Waals surface area contributed by atoms with E-state index in [1.165, 1.54) is 11.5 Å². The van der Waals surface area contributed by atoms with Crippen molar-refractivity contribution in [3.05, 3.63) is 29.5 Å². The molecule has 9 heteroatoms. The summed E-state index contributed by atoms with van der Waals surface area (Å²) in [6.07, 6.45) is 5.18. The van der Waals surface area contributed by atoms with Gasteiger partial charge in [0.1, 0.15) is 0 Å². The van der Waals surface area contributed by atoms with E-state index in [0.717, 1.165) is 12.8 Å². The van der Waals surface area contributed by atoms with Gasteiger partial charge in [-0.25, -0.2) is 9.97 Å². The highest BCUT2D eigenvalue weighted by atomic mass is 32.1. The van der Waals surface area contributed by atoms with Crippen LogP contribution in [0.2, 0.25) is 0 Å². The monoisotopic (exact) mass is 346 g/mol. The lowest BCUT2D eigenvalue weighted by atomic mass is 9.97. The van der Waals surface area contributed by atoms with Crippen LogP contribution in [0.1, 0.15) is 23.3 Å². The Kier molecular flexibility index (Phi) is 3.89. The number of likely N-dealkylation sites (tertiary alicyclic amines) is 1. The van der Waals surface area contributed by atoms with Crippen LogP contribution in [0.25, 0.3) is 0 Å². The van der Waals surface area contributed by atoms with E-state index < -0.39 is 0 Å². The minimum atomic E-state index is -0.271. The lowest BCUT2D eigenvalue weighted by Crippen LogP contribution is -2.38. The van der Waals surface area contributed by atoms with Gasteiger partial charge in [0.2, 0.25) is 5.95 Å². The Morgan fingerprint density at radius 2 is 2.29 bits per heavy atom. The third-order valence-corrected chi connectivity index (χ3v) is 5.29. The number of rotatable bonds is 3. The Morgan fingerprint density at radius 1 is 1.46 bits per heavy atom. The maximum atomic E-state index is 12.4. The Hall–Kier alpha value is -2.13. The van der Waals surface area contributed by atoms with Crippen LogP contribution in [-0.4, -0.2) is 68.7 Å². The van der Waals surface area contributed by atoms with Gasteiger partial charge >= 0.3 is 0 Å². The van der Waals surface area contributed by atoms with Crippen LogP contribution < -0.4 is 4.90 Å². The van der Waals surface area contributed by atoms with Gasteiger partial charge in [-0.1, -0.05) is 4.49 Å². The molecule has 0 N–H and O–H groups in total. The largest absolute Gasteiger partial charge is 0.371 e. The van der Waals surface area contributed by atoms with E-state index >= 15 is 0 Å². The average Bonchev–Trinajstić information content (AvgIpc) is 3.37. The first kappa shape index (κ1) is 15.4. The number of carbonyl (C=O) groups is 1. The number of aromatic nitrogens is 4. The molecule has 0 unspecified atom stereocenters. The molecule has 0 bridgehead atoms. The number of hydrogen-bond donors (Lipinski definition) is 0. The lowest BCUT2D eigenvalue weighted by Gasteiger charge is -2.25. The number of amides is 1. The normalized spacial score (nSPS) is 26.2. The van der Waals surface area contributed by atoms with E-state index in [-0.39, 0.29) is 17.6 Å². The molecule has 126 valence electrons. The Balaban J connectivity index is 1.42. The highest BCUT2D eigenvalue weighted by molar-refractivity contribution is 7.03. The zero-order valence-electron chi connectivity index (χ0n) is 13.3. The molecule has 2 aromatic heterocycles. The molecule has 24 heavy (non-hydrogen) atoms. The maximum absolute atomic E-state index is 12.4. The molecular weight excluding hydrogens is 328 g/mol. The molecule has 4 heterocycles. The van der Waals surface area contributed by atoms with Gasteiger partial charge in [0.15, 0.2) is 5.69 Å². The summed E-state index contributed by atoms with van der Waals surface area (Å²) in [6, 6.07) is 2.01. The number of hydrogen-bond acceptors (Lipinski definition) is 8. The highest BCUT2D eigenvalue weighted by Gasteiger charge is 2.48. The first-order chi connectivity index (χ1) is 11.7. The van der Waals surface area contributed by atoms with Crippen molar-refractivity contribution in [1.29, 1.82) is 0 Å². The van der Waals surface area contributed by atoms with Gasteiger partial charge in [-0.3, -0.25) is 4.79 Å². The summed E-state index contributed by atoms with van der Waals surface area (Å²) in [5.41, 5.74) is 0.147. The topological polar surface area (TPSA) is 84.3 Å². The number of ether oxygens (including phenoxy) is 1. The Morgan fingerprint density at radius 3 is 3.04 bits per heavy atom. The van der Waals surface area contributed by atoms with E-state index in [1.54, 1.807) is 23.8 Å². The van der Waals surface area contributed by atoms with Gasteiger partial charge in [-0.05, 0) is 24.0 Å². The van der Waals surface area contributed by atoms with Crippen molar-refractivity contribution in [2.45, 2.75) is 24.5 Å². The van der Waals surface area contributed by atoms with Crippen LogP contribution in [0, 0.1) is 0 Å². The summed E-state index contributed by atoms with van der Waals surface area (Å²) < 4.78 is 9.89. The van der Waals surface area contributed by atoms with Gasteiger partial charge < -0.3 is 14.5 Å². The van der Waals surface area contributed by atoms with Gasteiger partial charge in [-0.15, -0.1) is 5.10 Å². The van der Waals surface area contributed by atoms with E-state index in [0.29, 0.717) is 31.3 Å². The fourth-order valence-corrected chi connectivity index (χ4v) is 3.86. The standard InChI is InChI=1S/C15H18N6O2S/c1-20(14-16-4-2-5-17-14)11-7-15(23-8-11)3-6-21(10-15)13(22)12-9-24-19-18-12/h2,4-5,9,11H,3,6-8,10H2,1H3/t11-,15+/m0/s1. The summed E-state index contributed by atoms with van der Waals surface area (Å²) in [5.74, 6) is 0.634. The molecular formula is C15H18N6O2S. The van der Waals surface area contributed by atoms with Crippen LogP contribution in [0.15, 0.2) is 23.8 Å². The number of likely N-dealkylation sites (N-methyl/N-ethyl adjacent to an activating group) is 1. The van der Waals surface area contributed by atoms with Crippen molar-refractivity contribution in [3.63, 3.8) is 0 Å². The molecule has 0 saturated carbocycles. The van der Waals surface area contributed by atoms with Crippen LogP contribution in [0.5, 0.6) is 0 Å². The molecule has 2 aliphatic rings. The van der Waals surface area contributed by atoms with Crippen LogP contribution >= 0.6 is 11.5 Å². The van der Waals surface area contributed by atoms with Crippen LogP contribution in [0.4, 0.5) is 5.95 Å². The molecule has 4 rings (SSSR count). The molecule has 2 saturated heterocycles. The van der Waals surface area contributed by atoms with E-state index in [4.69, 9.17) is 4.74 Å². The number of carbonyl (C=O) groups excluding carboxylic acids is 1. The van der Waals surface area contributed by atoms with Crippen molar-refractivity contribution in [2.24, 2.45) is 0 Å². The quantitative estimate of drug-likeness (QED) is 0.814. The molecule has 2 aliphatic heterocycles. The van der Waals surface area contributed by atoms with Gasteiger partial charge in [0, 0.05) is 37.8 Å². The van der Waals surface area contributed by atoms with Crippen LogP contribution in [-0.2, 0) is 4.74 Å². The zero-order valence-corrected chi connectivity index (χ0v) is 14.1. The lowest BCUT2D eigenvalue weighted by molar-refractivity contribution is 0.0122. The summed E-state index contributed by atoms with van der Waals surface area (Å²) in [7, 11) is 1.99. The number of nitrogens with zero attached hydrogens (tertiary/aromatic N) is 6. The summed E-state index contributed by atoms with van der Waals surface area (Å²) in [5, 5.41) is 5.56. The molecule has 0 radical (unpaired) electrons. The first-order valence-corrected chi connectivity index (χ1v) is 8.71. The van der Waals surface area contributed by atoms with Crippen molar-refractivity contribution in [3.8, 4) is 0 Å². The Labute approximate surface area is 143 Å². The molecule has 1 amide bonds. The summed E-state index contributed by atoms with van der Waals surface area (Å²) in [6.45, 7) is 1.91. The predicted octanol–water partition coefficient (Wildman–Crippen LogP) is 0.838. The zero-order chi connectivity index (χ0) is 16.6. The fraction of sp³-hybridized carbons (Fsp3) is 0.533. The van der Waals surface area contributed by atoms with E-state index in [2.05, 4.69) is 24.5 Å². The SMILES string of the molecule is CN(c1ncccn1)[C@@H]1CO[C@]2(CCN(C(=O)c3csnn3)C2)C1. The van der Waals surface area contributed by atoms with Crippen molar-refractivity contribution in [2.75, 3.05) is 31.6 Å². The van der Waals surface area contributed by atoms with Gasteiger partial charge in [0.05, 0.1) is 24.8 Å². The van der Waals surface area contributed by atoms with Gasteiger partial charge in [-0.2, -0.15) is 0 Å². The molecule has 2 fully saturated rings.